The fourth-order valence-electron chi connectivity index (χ4n) is 5.79. The molecule has 158 valence electrons. The van der Waals surface area contributed by atoms with Crippen molar-refractivity contribution in [1.29, 1.82) is 0 Å². The summed E-state index contributed by atoms with van der Waals surface area (Å²) in [6, 6.07) is 8.94. The first-order valence-electron chi connectivity index (χ1n) is 11.0. The normalized spacial score (nSPS) is 26.7. The van der Waals surface area contributed by atoms with E-state index in [1.807, 2.05) is 0 Å². The maximum absolute atomic E-state index is 13.3. The third kappa shape index (κ3) is 3.47. The van der Waals surface area contributed by atoms with Crippen molar-refractivity contribution < 1.29 is 14.3 Å². The molecule has 2 aliphatic carbocycles. The fraction of sp³-hybridized carbons (Fsp3) is 0.652. The number of anilines is 1. The van der Waals surface area contributed by atoms with Crippen LogP contribution in [0.3, 0.4) is 0 Å². The molecular weight excluding hydrogens is 366 g/mol. The van der Waals surface area contributed by atoms with Gasteiger partial charge in [-0.2, -0.15) is 0 Å². The van der Waals surface area contributed by atoms with Gasteiger partial charge in [0.05, 0.1) is 13.2 Å². The number of carbonyl (C=O) groups excluding carboxylic acids is 2. The molecule has 29 heavy (non-hydrogen) atoms. The maximum Gasteiger partial charge on any atom is 0.325 e. The molecule has 0 aromatic heterocycles. The van der Waals surface area contributed by atoms with Crippen LogP contribution in [0.15, 0.2) is 24.3 Å². The van der Waals surface area contributed by atoms with Gasteiger partial charge in [-0.3, -0.25) is 4.79 Å². The van der Waals surface area contributed by atoms with E-state index in [4.69, 9.17) is 4.74 Å². The highest BCUT2D eigenvalue weighted by molar-refractivity contribution is 5.82. The highest BCUT2D eigenvalue weighted by Crippen LogP contribution is 2.59. The number of methoxy groups -OCH3 is 1. The van der Waals surface area contributed by atoms with Crippen molar-refractivity contribution in [2.75, 3.05) is 19.0 Å². The molecule has 1 aliphatic heterocycles. The van der Waals surface area contributed by atoms with Gasteiger partial charge in [0, 0.05) is 23.7 Å². The lowest BCUT2D eigenvalue weighted by molar-refractivity contribution is -0.139. The fourth-order valence-corrected chi connectivity index (χ4v) is 5.79. The van der Waals surface area contributed by atoms with E-state index in [1.54, 1.807) is 0 Å². The van der Waals surface area contributed by atoms with Crippen molar-refractivity contribution in [3.63, 3.8) is 0 Å². The minimum Gasteiger partial charge on any atom is -0.468 e. The van der Waals surface area contributed by atoms with Crippen LogP contribution in [0.4, 0.5) is 10.5 Å². The molecule has 0 spiro atoms. The number of carbonyl (C=O) groups is 2. The van der Waals surface area contributed by atoms with Crippen molar-refractivity contribution in [2.24, 2.45) is 11.3 Å². The Morgan fingerprint density at radius 2 is 1.93 bits per heavy atom. The summed E-state index contributed by atoms with van der Waals surface area (Å²) in [5, 5.41) is 6.61. The predicted molar refractivity (Wildman–Crippen MR) is 113 cm³/mol. The highest BCUT2D eigenvalue weighted by atomic mass is 16.5. The average Bonchev–Trinajstić information content (AvgIpc) is 3.52. The zero-order chi connectivity index (χ0) is 20.6. The van der Waals surface area contributed by atoms with Gasteiger partial charge in [-0.15, -0.1) is 0 Å². The number of amides is 2. The first kappa shape index (κ1) is 20.0. The number of nitrogens with one attached hydrogen (secondary N) is 2. The first-order chi connectivity index (χ1) is 14.0. The van der Waals surface area contributed by atoms with Gasteiger partial charge in [-0.05, 0) is 42.7 Å². The number of fused-ring (bicyclic) bond motifs is 2. The van der Waals surface area contributed by atoms with Crippen molar-refractivity contribution in [2.45, 2.75) is 70.5 Å². The van der Waals surface area contributed by atoms with Gasteiger partial charge in [0.15, 0.2) is 0 Å². The Balaban J connectivity index is 1.74. The molecule has 6 nitrogen and oxygen atoms in total. The molecule has 0 saturated heterocycles. The molecule has 3 aliphatic rings. The van der Waals surface area contributed by atoms with Crippen LogP contribution >= 0.6 is 0 Å². The van der Waals surface area contributed by atoms with Crippen LogP contribution in [0.5, 0.6) is 0 Å². The van der Waals surface area contributed by atoms with Crippen LogP contribution < -0.4 is 10.6 Å². The zero-order valence-electron chi connectivity index (χ0n) is 17.7. The minimum atomic E-state index is -0.421. The Hall–Kier alpha value is -2.24. The first-order valence-corrected chi connectivity index (χ1v) is 11.0. The SMILES string of the molecule is CCC1(CC)CCC2Nc3ccccc3C(N(C(=O)NCC(=O)OC)C3CC3)C21. The zero-order valence-corrected chi connectivity index (χ0v) is 17.7. The Bertz CT molecular complexity index is 772. The third-order valence-electron chi connectivity index (χ3n) is 7.55. The molecular formula is C23H33N3O3. The van der Waals surface area contributed by atoms with Gasteiger partial charge in [0.25, 0.3) is 0 Å². The number of esters is 1. The minimum absolute atomic E-state index is 0.0324. The van der Waals surface area contributed by atoms with Crippen LogP contribution in [-0.2, 0) is 9.53 Å². The number of rotatable bonds is 6. The number of ether oxygens (including phenoxy) is 1. The smallest absolute Gasteiger partial charge is 0.325 e. The molecule has 4 rings (SSSR count). The summed E-state index contributed by atoms with van der Waals surface area (Å²) in [6.45, 7) is 4.50. The standard InChI is InChI=1S/C23H33N3O3/c1-4-23(5-2)13-12-18-20(23)21(16-8-6-7-9-17(16)25-18)26(15-10-11-15)22(28)24-14-19(27)29-3/h6-9,15,18,20-21,25H,4-5,10-14H2,1-3H3,(H,24,28). The molecule has 1 aromatic carbocycles. The monoisotopic (exact) mass is 399 g/mol. The molecule has 1 heterocycles. The van der Waals surface area contributed by atoms with Crippen molar-refractivity contribution in [1.82, 2.24) is 10.2 Å². The lowest BCUT2D eigenvalue weighted by atomic mass is 9.66. The van der Waals surface area contributed by atoms with Crippen LogP contribution in [-0.4, -0.2) is 42.6 Å². The Morgan fingerprint density at radius 3 is 2.59 bits per heavy atom. The van der Waals surface area contributed by atoms with Crippen LogP contribution in [0.1, 0.15) is 64.0 Å². The van der Waals surface area contributed by atoms with Crippen molar-refractivity contribution in [3.05, 3.63) is 29.8 Å². The van der Waals surface area contributed by atoms with E-state index >= 15 is 0 Å². The second-order valence-corrected chi connectivity index (χ2v) is 8.79. The van der Waals surface area contributed by atoms with Crippen LogP contribution in [0.25, 0.3) is 0 Å². The number of benzene rings is 1. The molecule has 2 saturated carbocycles. The van der Waals surface area contributed by atoms with E-state index in [0.29, 0.717) is 12.0 Å². The van der Waals surface area contributed by atoms with E-state index < -0.39 is 5.97 Å². The number of nitrogens with zero attached hydrogens (tertiary/aromatic N) is 1. The van der Waals surface area contributed by atoms with Gasteiger partial charge >= 0.3 is 12.0 Å². The van der Waals surface area contributed by atoms with Crippen LogP contribution in [0.2, 0.25) is 0 Å². The van der Waals surface area contributed by atoms with Gasteiger partial charge < -0.3 is 20.3 Å². The summed E-state index contributed by atoms with van der Waals surface area (Å²) < 4.78 is 4.71. The molecule has 2 N–H and O–H groups in total. The van der Waals surface area contributed by atoms with E-state index in [0.717, 1.165) is 37.8 Å². The molecule has 2 fully saturated rings. The summed E-state index contributed by atoms with van der Waals surface area (Å²) in [6.07, 6.45) is 6.62. The second kappa shape index (κ2) is 7.88. The largest absolute Gasteiger partial charge is 0.468 e. The molecule has 0 radical (unpaired) electrons. The van der Waals surface area contributed by atoms with Gasteiger partial charge in [0.2, 0.25) is 0 Å². The summed E-state index contributed by atoms with van der Waals surface area (Å²) in [5.74, 6) is -0.0492. The van der Waals surface area contributed by atoms with E-state index in [2.05, 4.69) is 53.6 Å². The number of hydrogen-bond acceptors (Lipinski definition) is 4. The highest BCUT2D eigenvalue weighted by Gasteiger charge is 2.56. The number of urea groups is 1. The average molecular weight is 400 g/mol. The summed E-state index contributed by atoms with van der Waals surface area (Å²) in [7, 11) is 1.34. The Labute approximate surface area is 173 Å². The molecule has 1 aromatic rings. The summed E-state index contributed by atoms with van der Waals surface area (Å²) in [4.78, 5) is 27.0. The van der Waals surface area contributed by atoms with Gasteiger partial charge in [-0.25, -0.2) is 4.79 Å². The number of hydrogen-bond donors (Lipinski definition) is 2. The van der Waals surface area contributed by atoms with Crippen molar-refractivity contribution >= 4 is 17.7 Å². The van der Waals surface area contributed by atoms with E-state index in [9.17, 15) is 9.59 Å². The maximum atomic E-state index is 13.3. The van der Waals surface area contributed by atoms with Gasteiger partial charge in [-0.1, -0.05) is 44.9 Å². The topological polar surface area (TPSA) is 70.7 Å². The molecule has 3 atom stereocenters. The van der Waals surface area contributed by atoms with E-state index in [-0.39, 0.29) is 30.1 Å². The van der Waals surface area contributed by atoms with Crippen molar-refractivity contribution in [3.8, 4) is 0 Å². The van der Waals surface area contributed by atoms with E-state index in [1.165, 1.54) is 19.1 Å². The molecule has 2 amide bonds. The molecule has 6 heteroatoms. The number of para-hydroxylation sites is 1. The third-order valence-corrected chi connectivity index (χ3v) is 7.55. The Kier molecular flexibility index (Phi) is 5.45. The summed E-state index contributed by atoms with van der Waals surface area (Å²) in [5.41, 5.74) is 2.58. The molecule has 0 bridgehead atoms. The van der Waals surface area contributed by atoms with Crippen LogP contribution in [0, 0.1) is 11.3 Å². The quantitative estimate of drug-likeness (QED) is 0.707. The summed E-state index contributed by atoms with van der Waals surface area (Å²) >= 11 is 0. The lowest BCUT2D eigenvalue weighted by Crippen LogP contribution is -2.53. The van der Waals surface area contributed by atoms with Gasteiger partial charge in [0.1, 0.15) is 6.54 Å². The Morgan fingerprint density at radius 1 is 1.21 bits per heavy atom. The second-order valence-electron chi connectivity index (χ2n) is 8.79. The molecule has 3 unspecified atom stereocenters. The predicted octanol–water partition coefficient (Wildman–Crippen LogP) is 4.09. The lowest BCUT2D eigenvalue weighted by Gasteiger charge is -2.49.